The summed E-state index contributed by atoms with van der Waals surface area (Å²) in [5.41, 5.74) is 2.40. The Morgan fingerprint density at radius 1 is 1.17 bits per heavy atom. The smallest absolute Gasteiger partial charge is 0.131 e. The molecule has 0 fully saturated rings. The molecule has 92 valence electrons. The third-order valence-electron chi connectivity index (χ3n) is 3.31. The number of halogens is 1. The topological polar surface area (TPSA) is 29.5 Å². The maximum absolute atomic E-state index is 13.7. The number of fused-ring (bicyclic) bond motifs is 1. The van der Waals surface area contributed by atoms with Gasteiger partial charge >= 0.3 is 0 Å². The molecule has 0 amide bonds. The standard InChI is InChI=1S/C15H13FO2/c16-13-6-2-1-5-11(13)15-8-12-10(9-17)4-3-7-14(12)18-15/h1-7,15,17H,8-9H2. The van der Waals surface area contributed by atoms with Gasteiger partial charge in [0.15, 0.2) is 0 Å². The van der Waals surface area contributed by atoms with E-state index in [0.29, 0.717) is 12.0 Å². The summed E-state index contributed by atoms with van der Waals surface area (Å²) in [6, 6.07) is 12.2. The third-order valence-corrected chi connectivity index (χ3v) is 3.31. The zero-order chi connectivity index (χ0) is 12.5. The Morgan fingerprint density at radius 3 is 2.78 bits per heavy atom. The zero-order valence-corrected chi connectivity index (χ0v) is 9.77. The van der Waals surface area contributed by atoms with E-state index in [1.54, 1.807) is 18.2 Å². The first kappa shape index (κ1) is 11.2. The number of hydrogen-bond acceptors (Lipinski definition) is 2. The highest BCUT2D eigenvalue weighted by molar-refractivity contribution is 5.45. The molecule has 0 spiro atoms. The molecule has 1 aliphatic rings. The summed E-state index contributed by atoms with van der Waals surface area (Å²) in [7, 11) is 0. The van der Waals surface area contributed by atoms with Crippen LogP contribution in [0.2, 0.25) is 0 Å². The minimum atomic E-state index is -0.297. The molecule has 18 heavy (non-hydrogen) atoms. The van der Waals surface area contributed by atoms with Crippen LogP contribution in [0, 0.1) is 5.82 Å². The van der Waals surface area contributed by atoms with Crippen LogP contribution >= 0.6 is 0 Å². The van der Waals surface area contributed by atoms with Crippen molar-refractivity contribution < 1.29 is 14.2 Å². The fraction of sp³-hybridized carbons (Fsp3) is 0.200. The molecule has 0 radical (unpaired) electrons. The average molecular weight is 244 g/mol. The van der Waals surface area contributed by atoms with Crippen LogP contribution in [-0.2, 0) is 13.0 Å². The number of benzene rings is 2. The molecule has 0 saturated heterocycles. The van der Waals surface area contributed by atoms with Gasteiger partial charge in [0.2, 0.25) is 0 Å². The molecule has 0 aromatic heterocycles. The highest BCUT2D eigenvalue weighted by atomic mass is 19.1. The van der Waals surface area contributed by atoms with E-state index in [-0.39, 0.29) is 18.5 Å². The van der Waals surface area contributed by atoms with Crippen molar-refractivity contribution in [3.05, 3.63) is 65.0 Å². The van der Waals surface area contributed by atoms with E-state index in [4.69, 9.17) is 4.74 Å². The number of aliphatic hydroxyl groups is 1. The number of rotatable bonds is 2. The predicted molar refractivity (Wildman–Crippen MR) is 65.8 cm³/mol. The predicted octanol–water partition coefficient (Wildman–Crippen LogP) is 2.99. The van der Waals surface area contributed by atoms with Crippen LogP contribution in [0.4, 0.5) is 4.39 Å². The summed E-state index contributed by atoms with van der Waals surface area (Å²) in [5, 5.41) is 9.28. The summed E-state index contributed by atoms with van der Waals surface area (Å²) < 4.78 is 19.5. The van der Waals surface area contributed by atoms with Gasteiger partial charge in [0.05, 0.1) is 6.61 Å². The lowest BCUT2D eigenvalue weighted by molar-refractivity contribution is 0.233. The molecule has 2 nitrogen and oxygen atoms in total. The molecule has 1 aliphatic heterocycles. The Morgan fingerprint density at radius 2 is 2.00 bits per heavy atom. The Hall–Kier alpha value is -1.87. The quantitative estimate of drug-likeness (QED) is 0.880. The lowest BCUT2D eigenvalue weighted by Gasteiger charge is -2.11. The van der Waals surface area contributed by atoms with E-state index >= 15 is 0 Å². The van der Waals surface area contributed by atoms with Crippen molar-refractivity contribution in [3.63, 3.8) is 0 Å². The lowest BCUT2D eigenvalue weighted by Crippen LogP contribution is -2.05. The van der Waals surface area contributed by atoms with Crippen molar-refractivity contribution in [1.82, 2.24) is 0 Å². The second-order valence-corrected chi connectivity index (χ2v) is 4.38. The normalized spacial score (nSPS) is 17.3. The second-order valence-electron chi connectivity index (χ2n) is 4.38. The van der Waals surface area contributed by atoms with E-state index in [2.05, 4.69) is 0 Å². The van der Waals surface area contributed by atoms with Crippen LogP contribution in [0.1, 0.15) is 22.8 Å². The van der Waals surface area contributed by atoms with Crippen LogP contribution in [0.15, 0.2) is 42.5 Å². The molecule has 0 saturated carbocycles. The average Bonchev–Trinajstić information content (AvgIpc) is 2.82. The Kier molecular flexibility index (Phi) is 2.76. The molecular weight excluding hydrogens is 231 g/mol. The number of aliphatic hydroxyl groups excluding tert-OH is 1. The first-order chi connectivity index (χ1) is 8.79. The second kappa shape index (κ2) is 4.42. The van der Waals surface area contributed by atoms with Gasteiger partial charge in [-0.25, -0.2) is 4.39 Å². The molecule has 2 aromatic rings. The minimum absolute atomic E-state index is 0.0173. The molecule has 1 heterocycles. The van der Waals surface area contributed by atoms with Gasteiger partial charge in [-0.15, -0.1) is 0 Å². The van der Waals surface area contributed by atoms with Gasteiger partial charge in [-0.2, -0.15) is 0 Å². The monoisotopic (exact) mass is 244 g/mol. The summed E-state index contributed by atoms with van der Waals surface area (Å²) >= 11 is 0. The van der Waals surface area contributed by atoms with E-state index in [1.807, 2.05) is 18.2 Å². The van der Waals surface area contributed by atoms with Crippen molar-refractivity contribution in [2.75, 3.05) is 0 Å². The summed E-state index contributed by atoms with van der Waals surface area (Å²) in [4.78, 5) is 0. The summed E-state index contributed by atoms with van der Waals surface area (Å²) in [6.45, 7) is -0.0173. The van der Waals surface area contributed by atoms with Crippen LogP contribution in [0.5, 0.6) is 5.75 Å². The van der Waals surface area contributed by atoms with Crippen molar-refractivity contribution in [3.8, 4) is 5.75 Å². The van der Waals surface area contributed by atoms with E-state index in [9.17, 15) is 9.50 Å². The maximum atomic E-state index is 13.7. The molecule has 1 atom stereocenters. The van der Waals surface area contributed by atoms with Gasteiger partial charge in [0.1, 0.15) is 17.7 Å². The van der Waals surface area contributed by atoms with Gasteiger partial charge in [-0.1, -0.05) is 30.3 Å². The fourth-order valence-corrected chi connectivity index (χ4v) is 2.39. The lowest BCUT2D eigenvalue weighted by atomic mass is 10.00. The van der Waals surface area contributed by atoms with Crippen molar-refractivity contribution in [2.45, 2.75) is 19.1 Å². The summed E-state index contributed by atoms with van der Waals surface area (Å²) in [5.74, 6) is 0.496. The highest BCUT2D eigenvalue weighted by Gasteiger charge is 2.27. The van der Waals surface area contributed by atoms with Crippen molar-refractivity contribution in [2.24, 2.45) is 0 Å². The van der Waals surface area contributed by atoms with Crippen molar-refractivity contribution >= 4 is 0 Å². The van der Waals surface area contributed by atoms with E-state index in [1.165, 1.54) is 6.07 Å². The Labute approximate surface area is 105 Å². The Bertz CT molecular complexity index is 580. The molecular formula is C15H13FO2. The van der Waals surface area contributed by atoms with E-state index in [0.717, 1.165) is 16.9 Å². The third kappa shape index (κ3) is 1.77. The number of ether oxygens (including phenoxy) is 1. The van der Waals surface area contributed by atoms with E-state index < -0.39 is 0 Å². The molecule has 1 unspecified atom stereocenters. The maximum Gasteiger partial charge on any atom is 0.131 e. The van der Waals surface area contributed by atoms with Crippen LogP contribution < -0.4 is 4.74 Å². The summed E-state index contributed by atoms with van der Waals surface area (Å²) in [6.07, 6.45) is 0.307. The van der Waals surface area contributed by atoms with Gasteiger partial charge in [-0.3, -0.25) is 0 Å². The first-order valence-corrected chi connectivity index (χ1v) is 5.92. The van der Waals surface area contributed by atoms with Gasteiger partial charge in [0, 0.05) is 17.5 Å². The molecule has 2 aromatic carbocycles. The van der Waals surface area contributed by atoms with Crippen LogP contribution in [0.25, 0.3) is 0 Å². The molecule has 0 bridgehead atoms. The highest BCUT2D eigenvalue weighted by Crippen LogP contribution is 2.39. The molecule has 3 heteroatoms. The first-order valence-electron chi connectivity index (χ1n) is 5.92. The minimum Gasteiger partial charge on any atom is -0.485 e. The van der Waals surface area contributed by atoms with Gasteiger partial charge in [-0.05, 0) is 17.7 Å². The van der Waals surface area contributed by atoms with Crippen LogP contribution in [-0.4, -0.2) is 5.11 Å². The molecule has 1 N–H and O–H groups in total. The number of hydrogen-bond donors (Lipinski definition) is 1. The van der Waals surface area contributed by atoms with Gasteiger partial charge in [0.25, 0.3) is 0 Å². The Balaban J connectivity index is 1.96. The largest absolute Gasteiger partial charge is 0.485 e. The SMILES string of the molecule is OCc1cccc2c1CC(c1ccccc1F)O2. The van der Waals surface area contributed by atoms with Crippen molar-refractivity contribution in [1.29, 1.82) is 0 Å². The fourth-order valence-electron chi connectivity index (χ4n) is 2.39. The van der Waals surface area contributed by atoms with Crippen LogP contribution in [0.3, 0.4) is 0 Å². The zero-order valence-electron chi connectivity index (χ0n) is 9.77. The molecule has 3 rings (SSSR count). The molecule has 0 aliphatic carbocycles. The van der Waals surface area contributed by atoms with Gasteiger partial charge < -0.3 is 9.84 Å².